The maximum Gasteiger partial charge on any atom is 0.291 e. The Kier molecular flexibility index (Phi) is 4.04. The fourth-order valence-electron chi connectivity index (χ4n) is 2.56. The van der Waals surface area contributed by atoms with Crippen molar-refractivity contribution in [3.05, 3.63) is 59.4 Å². The zero-order valence-electron chi connectivity index (χ0n) is 12.9. The van der Waals surface area contributed by atoms with E-state index in [9.17, 15) is 9.90 Å². The number of aliphatic hydroxyl groups is 1. The Labute approximate surface area is 133 Å². The number of nitrogens with one attached hydrogen (secondary N) is 1. The lowest BCUT2D eigenvalue weighted by atomic mass is 10.1. The van der Waals surface area contributed by atoms with Crippen LogP contribution in [0.1, 0.15) is 21.7 Å². The number of carbonyl (C=O) groups excluding carboxylic acids is 1. The van der Waals surface area contributed by atoms with Crippen molar-refractivity contribution >= 4 is 22.6 Å². The highest BCUT2D eigenvalue weighted by atomic mass is 16.5. The number of ether oxygens (including phenoxy) is 1. The molecule has 1 heterocycles. The van der Waals surface area contributed by atoms with Crippen molar-refractivity contribution in [3.8, 4) is 5.75 Å². The predicted octanol–water partition coefficient (Wildman–Crippen LogP) is 3.49. The number of anilines is 1. The predicted molar refractivity (Wildman–Crippen MR) is 87.8 cm³/mol. The Morgan fingerprint density at radius 3 is 2.74 bits per heavy atom. The number of rotatable bonds is 4. The summed E-state index contributed by atoms with van der Waals surface area (Å²) in [6, 6.07) is 12.6. The summed E-state index contributed by atoms with van der Waals surface area (Å²) in [6.07, 6.45) is 0. The third-order valence-electron chi connectivity index (χ3n) is 3.76. The van der Waals surface area contributed by atoms with Crippen LogP contribution in [0.2, 0.25) is 0 Å². The number of aryl methyl sites for hydroxylation is 1. The summed E-state index contributed by atoms with van der Waals surface area (Å²) in [7, 11) is 1.53. The normalized spacial score (nSPS) is 10.7. The summed E-state index contributed by atoms with van der Waals surface area (Å²) >= 11 is 0. The summed E-state index contributed by atoms with van der Waals surface area (Å²) in [5.74, 6) is 0.533. The van der Waals surface area contributed by atoms with Gasteiger partial charge in [-0.15, -0.1) is 0 Å². The zero-order chi connectivity index (χ0) is 16.4. The molecule has 1 amide bonds. The molecule has 0 bridgehead atoms. The summed E-state index contributed by atoms with van der Waals surface area (Å²) in [5.41, 5.74) is 2.65. The molecule has 0 unspecified atom stereocenters. The first-order valence-corrected chi connectivity index (χ1v) is 7.21. The number of hydrogen-bond acceptors (Lipinski definition) is 4. The van der Waals surface area contributed by atoms with Crippen LogP contribution in [0.5, 0.6) is 5.75 Å². The van der Waals surface area contributed by atoms with E-state index in [1.54, 1.807) is 18.2 Å². The van der Waals surface area contributed by atoms with Gasteiger partial charge in [-0.05, 0) is 31.2 Å². The summed E-state index contributed by atoms with van der Waals surface area (Å²) in [6.45, 7) is 1.68. The molecular formula is C18H17NO4. The SMILES string of the molecule is COc1ccc(NC(=O)c2oc3ccccc3c2C)cc1CO. The number of amides is 1. The van der Waals surface area contributed by atoms with Gasteiger partial charge in [-0.3, -0.25) is 4.79 Å². The monoisotopic (exact) mass is 311 g/mol. The van der Waals surface area contributed by atoms with Crippen molar-refractivity contribution in [2.75, 3.05) is 12.4 Å². The molecule has 0 saturated carbocycles. The topological polar surface area (TPSA) is 71.7 Å². The highest BCUT2D eigenvalue weighted by molar-refractivity contribution is 6.06. The summed E-state index contributed by atoms with van der Waals surface area (Å²) < 4.78 is 10.8. The molecule has 0 fully saturated rings. The first-order chi connectivity index (χ1) is 11.1. The number of aliphatic hydroxyl groups excluding tert-OH is 1. The van der Waals surface area contributed by atoms with Crippen LogP contribution < -0.4 is 10.1 Å². The van der Waals surface area contributed by atoms with Crippen LogP contribution in [0.25, 0.3) is 11.0 Å². The minimum atomic E-state index is -0.326. The Hall–Kier alpha value is -2.79. The molecule has 0 aliphatic rings. The van der Waals surface area contributed by atoms with Gasteiger partial charge in [0.2, 0.25) is 0 Å². The molecule has 0 aliphatic heterocycles. The van der Waals surface area contributed by atoms with E-state index in [0.717, 1.165) is 10.9 Å². The number of furan rings is 1. The molecule has 5 heteroatoms. The molecule has 118 valence electrons. The maximum atomic E-state index is 12.5. The summed E-state index contributed by atoms with van der Waals surface area (Å²) in [5, 5.41) is 13.1. The van der Waals surface area contributed by atoms with E-state index in [1.807, 2.05) is 31.2 Å². The van der Waals surface area contributed by atoms with E-state index in [1.165, 1.54) is 7.11 Å². The molecule has 0 saturated heterocycles. The molecule has 0 spiro atoms. The van der Waals surface area contributed by atoms with Gasteiger partial charge >= 0.3 is 0 Å². The molecule has 2 N–H and O–H groups in total. The second kappa shape index (κ2) is 6.14. The van der Waals surface area contributed by atoms with E-state index in [0.29, 0.717) is 22.6 Å². The molecule has 0 radical (unpaired) electrons. The highest BCUT2D eigenvalue weighted by Gasteiger charge is 2.17. The van der Waals surface area contributed by atoms with Crippen molar-refractivity contribution in [1.82, 2.24) is 0 Å². The van der Waals surface area contributed by atoms with E-state index < -0.39 is 0 Å². The van der Waals surface area contributed by atoms with Crippen LogP contribution in [-0.2, 0) is 6.61 Å². The zero-order valence-corrected chi connectivity index (χ0v) is 12.9. The lowest BCUT2D eigenvalue weighted by Crippen LogP contribution is -2.12. The number of hydrogen-bond donors (Lipinski definition) is 2. The molecule has 3 rings (SSSR count). The van der Waals surface area contributed by atoms with E-state index >= 15 is 0 Å². The van der Waals surface area contributed by atoms with Crippen LogP contribution in [0, 0.1) is 6.92 Å². The lowest BCUT2D eigenvalue weighted by Gasteiger charge is -2.09. The fraction of sp³-hybridized carbons (Fsp3) is 0.167. The molecule has 3 aromatic rings. The Balaban J connectivity index is 1.90. The van der Waals surface area contributed by atoms with E-state index in [2.05, 4.69) is 5.32 Å². The largest absolute Gasteiger partial charge is 0.496 e. The van der Waals surface area contributed by atoms with Gasteiger partial charge in [-0.25, -0.2) is 0 Å². The van der Waals surface area contributed by atoms with Crippen molar-refractivity contribution < 1.29 is 19.1 Å². The highest BCUT2D eigenvalue weighted by Crippen LogP contribution is 2.27. The third kappa shape index (κ3) is 2.78. The van der Waals surface area contributed by atoms with Gasteiger partial charge in [0.05, 0.1) is 13.7 Å². The van der Waals surface area contributed by atoms with Crippen molar-refractivity contribution in [2.45, 2.75) is 13.5 Å². The molecule has 1 aromatic heterocycles. The minimum absolute atomic E-state index is 0.170. The van der Waals surface area contributed by atoms with Crippen LogP contribution in [0.4, 0.5) is 5.69 Å². The summed E-state index contributed by atoms with van der Waals surface area (Å²) in [4.78, 5) is 12.5. The van der Waals surface area contributed by atoms with Crippen LogP contribution >= 0.6 is 0 Å². The van der Waals surface area contributed by atoms with E-state index in [4.69, 9.17) is 9.15 Å². The second-order valence-corrected chi connectivity index (χ2v) is 5.19. The first-order valence-electron chi connectivity index (χ1n) is 7.21. The number of fused-ring (bicyclic) bond motifs is 1. The first kappa shape index (κ1) is 15.1. The van der Waals surface area contributed by atoms with Gasteiger partial charge in [-0.2, -0.15) is 0 Å². The van der Waals surface area contributed by atoms with Crippen molar-refractivity contribution in [3.63, 3.8) is 0 Å². The quantitative estimate of drug-likeness (QED) is 0.773. The van der Waals surface area contributed by atoms with Crippen LogP contribution in [-0.4, -0.2) is 18.1 Å². The minimum Gasteiger partial charge on any atom is -0.496 e. The van der Waals surface area contributed by atoms with Gasteiger partial charge < -0.3 is 19.6 Å². The number of carbonyl (C=O) groups is 1. The molecule has 23 heavy (non-hydrogen) atoms. The van der Waals surface area contributed by atoms with Gasteiger partial charge in [0, 0.05) is 22.2 Å². The standard InChI is InChI=1S/C18H17NO4/c1-11-14-5-3-4-6-16(14)23-17(11)18(21)19-13-7-8-15(22-2)12(9-13)10-20/h3-9,20H,10H2,1-2H3,(H,19,21). The Morgan fingerprint density at radius 2 is 2.04 bits per heavy atom. The number of methoxy groups -OCH3 is 1. The van der Waals surface area contributed by atoms with Crippen molar-refractivity contribution in [2.24, 2.45) is 0 Å². The van der Waals surface area contributed by atoms with Gasteiger partial charge in [0.15, 0.2) is 5.76 Å². The van der Waals surface area contributed by atoms with E-state index in [-0.39, 0.29) is 18.3 Å². The average molecular weight is 311 g/mol. The molecular weight excluding hydrogens is 294 g/mol. The second-order valence-electron chi connectivity index (χ2n) is 5.19. The average Bonchev–Trinajstić information content (AvgIpc) is 2.92. The molecule has 5 nitrogen and oxygen atoms in total. The lowest BCUT2D eigenvalue weighted by molar-refractivity contribution is 0.0998. The fourth-order valence-corrected chi connectivity index (χ4v) is 2.56. The van der Waals surface area contributed by atoms with Crippen LogP contribution in [0.3, 0.4) is 0 Å². The van der Waals surface area contributed by atoms with Gasteiger partial charge in [-0.1, -0.05) is 18.2 Å². The number of para-hydroxylation sites is 1. The third-order valence-corrected chi connectivity index (χ3v) is 3.76. The number of benzene rings is 2. The van der Waals surface area contributed by atoms with Gasteiger partial charge in [0.25, 0.3) is 5.91 Å². The molecule has 2 aromatic carbocycles. The van der Waals surface area contributed by atoms with Crippen molar-refractivity contribution in [1.29, 1.82) is 0 Å². The Bertz CT molecular complexity index is 867. The molecule has 0 atom stereocenters. The maximum absolute atomic E-state index is 12.5. The molecule has 0 aliphatic carbocycles. The van der Waals surface area contributed by atoms with Crippen LogP contribution in [0.15, 0.2) is 46.9 Å². The Morgan fingerprint density at radius 1 is 1.26 bits per heavy atom. The smallest absolute Gasteiger partial charge is 0.291 e. The van der Waals surface area contributed by atoms with Gasteiger partial charge in [0.1, 0.15) is 11.3 Å².